The van der Waals surface area contributed by atoms with E-state index in [1.807, 2.05) is 25.4 Å². The summed E-state index contributed by atoms with van der Waals surface area (Å²) in [6.45, 7) is 0.582. The van der Waals surface area contributed by atoms with Crippen molar-refractivity contribution in [2.45, 2.75) is 12.6 Å². The molecular weight excluding hydrogens is 326 g/mol. The molecule has 0 fully saturated rings. The van der Waals surface area contributed by atoms with Gasteiger partial charge in [0.1, 0.15) is 11.6 Å². The molecule has 0 saturated carbocycles. The maximum atomic E-state index is 13.7. The predicted octanol–water partition coefficient (Wildman–Crippen LogP) is 2.58. The van der Waals surface area contributed by atoms with Gasteiger partial charge >= 0.3 is 0 Å². The first kappa shape index (κ1) is 17.2. The van der Waals surface area contributed by atoms with Crippen LogP contribution in [-0.4, -0.2) is 26.4 Å². The van der Waals surface area contributed by atoms with E-state index in [1.165, 1.54) is 6.07 Å². The Bertz CT molecular complexity index is 852. The molecule has 0 spiro atoms. The van der Waals surface area contributed by atoms with Gasteiger partial charge in [0.05, 0.1) is 11.8 Å². The van der Waals surface area contributed by atoms with Crippen LogP contribution >= 0.6 is 0 Å². The van der Waals surface area contributed by atoms with Gasteiger partial charge in [0, 0.05) is 61.5 Å². The lowest BCUT2D eigenvalue weighted by Gasteiger charge is -2.13. The largest absolute Gasteiger partial charge is 0.387 e. The molecule has 2 heterocycles. The Morgan fingerprint density at radius 3 is 2.68 bits per heavy atom. The number of nitrogens with zero attached hydrogens (tertiary/aromatic N) is 3. The molecule has 7 heteroatoms. The summed E-state index contributed by atoms with van der Waals surface area (Å²) >= 11 is 0. The minimum Gasteiger partial charge on any atom is -0.387 e. The van der Waals surface area contributed by atoms with Crippen LogP contribution in [0.5, 0.6) is 0 Å². The zero-order valence-corrected chi connectivity index (χ0v) is 13.7. The molecular formula is C18H18F2N4O. The maximum absolute atomic E-state index is 13.7. The summed E-state index contributed by atoms with van der Waals surface area (Å²) in [5.74, 6) is -1.42. The quantitative estimate of drug-likeness (QED) is 0.721. The molecule has 2 N–H and O–H groups in total. The van der Waals surface area contributed by atoms with E-state index in [9.17, 15) is 13.9 Å². The number of aliphatic hydroxyl groups excluding tert-OH is 1. The average molecular weight is 344 g/mol. The van der Waals surface area contributed by atoms with Crippen LogP contribution in [0.3, 0.4) is 0 Å². The number of hydrogen-bond acceptors (Lipinski definition) is 4. The molecule has 25 heavy (non-hydrogen) atoms. The predicted molar refractivity (Wildman–Crippen MR) is 89.5 cm³/mol. The fourth-order valence-electron chi connectivity index (χ4n) is 2.65. The van der Waals surface area contributed by atoms with Gasteiger partial charge in [0.25, 0.3) is 0 Å². The van der Waals surface area contributed by atoms with E-state index in [2.05, 4.69) is 15.4 Å². The van der Waals surface area contributed by atoms with Gasteiger partial charge in [-0.25, -0.2) is 8.78 Å². The van der Waals surface area contributed by atoms with Gasteiger partial charge in [-0.2, -0.15) is 5.10 Å². The van der Waals surface area contributed by atoms with Crippen LogP contribution in [-0.2, 0) is 13.6 Å². The monoisotopic (exact) mass is 344 g/mol. The second-order valence-electron chi connectivity index (χ2n) is 5.73. The van der Waals surface area contributed by atoms with Crippen molar-refractivity contribution in [1.82, 2.24) is 20.1 Å². The van der Waals surface area contributed by atoms with Crippen LogP contribution in [0.1, 0.15) is 17.2 Å². The van der Waals surface area contributed by atoms with Crippen LogP contribution in [0.4, 0.5) is 8.78 Å². The van der Waals surface area contributed by atoms with Crippen LogP contribution in [0, 0.1) is 11.6 Å². The lowest BCUT2D eigenvalue weighted by Crippen LogP contribution is -2.22. The molecule has 1 aromatic carbocycles. The highest BCUT2D eigenvalue weighted by Gasteiger charge is 2.14. The molecule has 0 aliphatic heterocycles. The smallest absolute Gasteiger partial charge is 0.131 e. The molecule has 2 aromatic heterocycles. The highest BCUT2D eigenvalue weighted by atomic mass is 19.1. The Hall–Kier alpha value is -2.64. The molecule has 130 valence electrons. The number of aromatic nitrogens is 3. The number of hydrogen-bond donors (Lipinski definition) is 2. The molecule has 0 bridgehead atoms. The van der Waals surface area contributed by atoms with Crippen LogP contribution in [0.2, 0.25) is 0 Å². The third-order valence-corrected chi connectivity index (χ3v) is 3.83. The van der Waals surface area contributed by atoms with Crippen LogP contribution < -0.4 is 5.32 Å². The van der Waals surface area contributed by atoms with Crippen molar-refractivity contribution in [2.75, 3.05) is 6.54 Å². The van der Waals surface area contributed by atoms with Gasteiger partial charge in [0.15, 0.2) is 0 Å². The number of aryl methyl sites for hydroxylation is 1. The van der Waals surface area contributed by atoms with Gasteiger partial charge in [0.2, 0.25) is 0 Å². The molecule has 5 nitrogen and oxygen atoms in total. The maximum Gasteiger partial charge on any atom is 0.131 e. The summed E-state index contributed by atoms with van der Waals surface area (Å²) in [4.78, 5) is 4.00. The van der Waals surface area contributed by atoms with Crippen molar-refractivity contribution in [3.8, 4) is 11.3 Å². The van der Waals surface area contributed by atoms with Crippen molar-refractivity contribution in [3.63, 3.8) is 0 Å². The SMILES string of the molecule is Cn1cc(CNC[C@@H](O)c2ccc(F)cc2F)c(-c2ccncc2)n1. The molecule has 0 radical (unpaired) electrons. The average Bonchev–Trinajstić information content (AvgIpc) is 2.96. The molecule has 1 atom stereocenters. The normalized spacial score (nSPS) is 12.3. The van der Waals surface area contributed by atoms with Crippen molar-refractivity contribution in [1.29, 1.82) is 0 Å². The summed E-state index contributed by atoms with van der Waals surface area (Å²) in [5.41, 5.74) is 2.77. The second-order valence-corrected chi connectivity index (χ2v) is 5.73. The zero-order valence-electron chi connectivity index (χ0n) is 13.7. The molecule has 0 aliphatic carbocycles. The molecule has 0 aliphatic rings. The standard InChI is InChI=1S/C18H18F2N4O/c1-24-11-13(18(23-24)12-4-6-21-7-5-12)9-22-10-17(25)15-3-2-14(19)8-16(15)20/h2-8,11,17,22,25H,9-10H2,1H3/t17-/m1/s1. The van der Waals surface area contributed by atoms with E-state index in [4.69, 9.17) is 0 Å². The highest BCUT2D eigenvalue weighted by Crippen LogP contribution is 2.21. The zero-order chi connectivity index (χ0) is 17.8. The Morgan fingerprint density at radius 2 is 1.96 bits per heavy atom. The molecule has 3 rings (SSSR count). The minimum atomic E-state index is -1.07. The summed E-state index contributed by atoms with van der Waals surface area (Å²) in [5, 5.41) is 17.6. The van der Waals surface area contributed by atoms with Gasteiger partial charge in [-0.3, -0.25) is 9.67 Å². The number of rotatable bonds is 6. The summed E-state index contributed by atoms with van der Waals surface area (Å²) in [6, 6.07) is 6.89. The summed E-state index contributed by atoms with van der Waals surface area (Å²) in [7, 11) is 1.83. The third kappa shape index (κ3) is 4.07. The third-order valence-electron chi connectivity index (χ3n) is 3.83. The lowest BCUT2D eigenvalue weighted by molar-refractivity contribution is 0.169. The number of aliphatic hydroxyl groups is 1. The molecule has 3 aromatic rings. The van der Waals surface area contributed by atoms with Crippen molar-refractivity contribution >= 4 is 0 Å². The van der Waals surface area contributed by atoms with E-state index in [1.54, 1.807) is 17.1 Å². The van der Waals surface area contributed by atoms with E-state index in [-0.39, 0.29) is 12.1 Å². The van der Waals surface area contributed by atoms with Crippen molar-refractivity contribution < 1.29 is 13.9 Å². The Labute approximate surface area is 144 Å². The van der Waals surface area contributed by atoms with E-state index in [0.717, 1.165) is 29.0 Å². The summed E-state index contributed by atoms with van der Waals surface area (Å²) < 4.78 is 28.3. The Balaban J connectivity index is 1.66. The van der Waals surface area contributed by atoms with E-state index in [0.29, 0.717) is 6.54 Å². The number of pyridine rings is 1. The number of benzene rings is 1. The Morgan fingerprint density at radius 1 is 1.20 bits per heavy atom. The fourth-order valence-corrected chi connectivity index (χ4v) is 2.65. The summed E-state index contributed by atoms with van der Waals surface area (Å²) in [6.07, 6.45) is 4.21. The van der Waals surface area contributed by atoms with Crippen LogP contribution in [0.25, 0.3) is 11.3 Å². The minimum absolute atomic E-state index is 0.0643. The molecule has 0 amide bonds. The van der Waals surface area contributed by atoms with E-state index < -0.39 is 17.7 Å². The van der Waals surface area contributed by atoms with Crippen molar-refractivity contribution in [3.05, 3.63) is 71.7 Å². The van der Waals surface area contributed by atoms with Crippen LogP contribution in [0.15, 0.2) is 48.9 Å². The highest BCUT2D eigenvalue weighted by molar-refractivity contribution is 5.61. The first-order valence-corrected chi connectivity index (χ1v) is 7.81. The topological polar surface area (TPSA) is 63.0 Å². The van der Waals surface area contributed by atoms with Gasteiger partial charge < -0.3 is 10.4 Å². The molecule has 0 unspecified atom stereocenters. The van der Waals surface area contributed by atoms with E-state index >= 15 is 0 Å². The number of halogens is 2. The first-order chi connectivity index (χ1) is 12.0. The Kier molecular flexibility index (Phi) is 5.16. The lowest BCUT2D eigenvalue weighted by atomic mass is 10.1. The fraction of sp³-hybridized carbons (Fsp3) is 0.222. The second kappa shape index (κ2) is 7.50. The van der Waals surface area contributed by atoms with Gasteiger partial charge in [-0.15, -0.1) is 0 Å². The van der Waals surface area contributed by atoms with Crippen molar-refractivity contribution in [2.24, 2.45) is 7.05 Å². The first-order valence-electron chi connectivity index (χ1n) is 7.81. The van der Waals surface area contributed by atoms with Gasteiger partial charge in [-0.05, 0) is 18.2 Å². The number of nitrogens with one attached hydrogen (secondary N) is 1. The molecule has 0 saturated heterocycles. The van der Waals surface area contributed by atoms with Gasteiger partial charge in [-0.1, -0.05) is 6.07 Å².